The van der Waals surface area contributed by atoms with E-state index in [-0.39, 0.29) is 0 Å². The average Bonchev–Trinajstić information content (AvgIpc) is 2.66. The van der Waals surface area contributed by atoms with Crippen LogP contribution in [-0.4, -0.2) is 12.1 Å². The van der Waals surface area contributed by atoms with E-state index in [0.29, 0.717) is 12.1 Å². The predicted molar refractivity (Wildman–Crippen MR) is 65.1 cm³/mol. The molecular weight excluding hydrogens is 184 g/mol. The maximum Gasteiger partial charge on any atom is 0.0412 e. The van der Waals surface area contributed by atoms with Crippen molar-refractivity contribution in [2.75, 3.05) is 5.32 Å². The van der Waals surface area contributed by atoms with Crippen LogP contribution in [0.2, 0.25) is 0 Å². The molecule has 1 saturated carbocycles. The van der Waals surface area contributed by atoms with Gasteiger partial charge in [0.25, 0.3) is 0 Å². The van der Waals surface area contributed by atoms with Crippen LogP contribution in [0, 0.1) is 0 Å². The van der Waals surface area contributed by atoms with E-state index in [0.717, 1.165) is 12.8 Å². The smallest absolute Gasteiger partial charge is 0.0412 e. The lowest BCUT2D eigenvalue weighted by molar-refractivity contribution is 0.638. The van der Waals surface area contributed by atoms with Gasteiger partial charge in [0.05, 0.1) is 0 Å². The van der Waals surface area contributed by atoms with Gasteiger partial charge in [-0.05, 0) is 43.4 Å². The summed E-state index contributed by atoms with van der Waals surface area (Å²) in [7, 11) is 0. The largest absolute Gasteiger partial charge is 0.381 e. The molecular formula is C13H20N2. The van der Waals surface area contributed by atoms with Gasteiger partial charge in [0.15, 0.2) is 0 Å². The summed E-state index contributed by atoms with van der Waals surface area (Å²) in [5.41, 5.74) is 8.61. The SMILES string of the molecule is CCc1ccc(N[C@H]2CCC[C@H]2N)cc1. The van der Waals surface area contributed by atoms with Crippen LogP contribution in [0.5, 0.6) is 0 Å². The summed E-state index contributed by atoms with van der Waals surface area (Å²) in [6.07, 6.45) is 4.72. The van der Waals surface area contributed by atoms with Crippen LogP contribution >= 0.6 is 0 Å². The highest BCUT2D eigenvalue weighted by Crippen LogP contribution is 2.21. The molecule has 3 N–H and O–H groups in total. The van der Waals surface area contributed by atoms with Gasteiger partial charge in [0, 0.05) is 17.8 Å². The Kier molecular flexibility index (Phi) is 3.27. The van der Waals surface area contributed by atoms with Gasteiger partial charge in [-0.3, -0.25) is 0 Å². The van der Waals surface area contributed by atoms with Crippen molar-refractivity contribution in [2.24, 2.45) is 5.73 Å². The van der Waals surface area contributed by atoms with E-state index in [9.17, 15) is 0 Å². The Bertz CT molecular complexity index is 305. The molecule has 0 amide bonds. The number of aryl methyl sites for hydroxylation is 1. The van der Waals surface area contributed by atoms with Crippen molar-refractivity contribution in [1.29, 1.82) is 0 Å². The number of benzene rings is 1. The van der Waals surface area contributed by atoms with Crippen LogP contribution in [0.1, 0.15) is 31.7 Å². The standard InChI is InChI=1S/C13H20N2/c1-2-10-6-8-11(9-7-10)15-13-5-3-4-12(13)14/h6-9,12-13,15H,2-5,14H2,1H3/t12-,13+/m1/s1. The molecule has 0 unspecified atom stereocenters. The number of hydrogen-bond donors (Lipinski definition) is 2. The lowest BCUT2D eigenvalue weighted by Crippen LogP contribution is -2.35. The quantitative estimate of drug-likeness (QED) is 0.794. The molecule has 2 heteroatoms. The Morgan fingerprint density at radius 1 is 1.27 bits per heavy atom. The fraction of sp³-hybridized carbons (Fsp3) is 0.538. The number of nitrogens with one attached hydrogen (secondary N) is 1. The summed E-state index contributed by atoms with van der Waals surface area (Å²) in [4.78, 5) is 0. The van der Waals surface area contributed by atoms with Crippen LogP contribution in [0.3, 0.4) is 0 Å². The van der Waals surface area contributed by atoms with Gasteiger partial charge in [0.1, 0.15) is 0 Å². The van der Waals surface area contributed by atoms with Gasteiger partial charge in [-0.25, -0.2) is 0 Å². The fourth-order valence-electron chi connectivity index (χ4n) is 2.22. The summed E-state index contributed by atoms with van der Waals surface area (Å²) in [5.74, 6) is 0. The molecule has 0 radical (unpaired) electrons. The zero-order valence-electron chi connectivity index (χ0n) is 9.37. The maximum atomic E-state index is 6.02. The van der Waals surface area contributed by atoms with Crippen LogP contribution in [-0.2, 0) is 6.42 Å². The van der Waals surface area contributed by atoms with E-state index >= 15 is 0 Å². The minimum absolute atomic E-state index is 0.329. The molecule has 1 aromatic carbocycles. The maximum absolute atomic E-state index is 6.02. The third kappa shape index (κ3) is 2.51. The van der Waals surface area contributed by atoms with Crippen molar-refractivity contribution in [3.05, 3.63) is 29.8 Å². The van der Waals surface area contributed by atoms with Gasteiger partial charge in [-0.1, -0.05) is 19.1 Å². The van der Waals surface area contributed by atoms with E-state index < -0.39 is 0 Å². The Morgan fingerprint density at radius 2 is 2.00 bits per heavy atom. The van der Waals surface area contributed by atoms with E-state index in [1.807, 2.05) is 0 Å². The van der Waals surface area contributed by atoms with E-state index in [2.05, 4.69) is 36.5 Å². The van der Waals surface area contributed by atoms with Gasteiger partial charge in [-0.2, -0.15) is 0 Å². The first-order chi connectivity index (χ1) is 7.29. The van der Waals surface area contributed by atoms with Gasteiger partial charge >= 0.3 is 0 Å². The highest BCUT2D eigenvalue weighted by Gasteiger charge is 2.23. The first-order valence-electron chi connectivity index (χ1n) is 5.90. The summed E-state index contributed by atoms with van der Waals surface area (Å²) in [5, 5.41) is 3.52. The first-order valence-corrected chi connectivity index (χ1v) is 5.90. The van der Waals surface area contributed by atoms with Crippen molar-refractivity contribution >= 4 is 5.69 Å². The normalized spacial score (nSPS) is 25.5. The van der Waals surface area contributed by atoms with Crippen LogP contribution in [0.15, 0.2) is 24.3 Å². The number of nitrogens with two attached hydrogens (primary N) is 1. The summed E-state index contributed by atoms with van der Waals surface area (Å²) in [6.45, 7) is 2.18. The zero-order chi connectivity index (χ0) is 10.7. The first kappa shape index (κ1) is 10.5. The Morgan fingerprint density at radius 3 is 2.53 bits per heavy atom. The molecule has 0 saturated heterocycles. The second kappa shape index (κ2) is 4.67. The summed E-state index contributed by atoms with van der Waals surface area (Å²) >= 11 is 0. The van der Waals surface area contributed by atoms with Crippen molar-refractivity contribution < 1.29 is 0 Å². The molecule has 0 heterocycles. The molecule has 15 heavy (non-hydrogen) atoms. The van der Waals surface area contributed by atoms with Crippen molar-refractivity contribution in [3.8, 4) is 0 Å². The van der Waals surface area contributed by atoms with Gasteiger partial charge in [0.2, 0.25) is 0 Å². The van der Waals surface area contributed by atoms with Crippen LogP contribution in [0.25, 0.3) is 0 Å². The predicted octanol–water partition coefficient (Wildman–Crippen LogP) is 2.54. The van der Waals surface area contributed by atoms with Gasteiger partial charge < -0.3 is 11.1 Å². The zero-order valence-corrected chi connectivity index (χ0v) is 9.37. The van der Waals surface area contributed by atoms with E-state index in [4.69, 9.17) is 5.73 Å². The monoisotopic (exact) mass is 204 g/mol. The van der Waals surface area contributed by atoms with Crippen molar-refractivity contribution in [1.82, 2.24) is 0 Å². The Labute approximate surface area is 91.9 Å². The number of hydrogen-bond acceptors (Lipinski definition) is 2. The van der Waals surface area contributed by atoms with Crippen molar-refractivity contribution in [2.45, 2.75) is 44.7 Å². The van der Waals surface area contributed by atoms with E-state index in [1.54, 1.807) is 0 Å². The molecule has 0 aliphatic heterocycles. The van der Waals surface area contributed by atoms with Crippen molar-refractivity contribution in [3.63, 3.8) is 0 Å². The number of rotatable bonds is 3. The fourth-order valence-corrected chi connectivity index (χ4v) is 2.22. The lowest BCUT2D eigenvalue weighted by atomic mass is 10.1. The molecule has 2 atom stereocenters. The number of anilines is 1. The van der Waals surface area contributed by atoms with Crippen LogP contribution in [0.4, 0.5) is 5.69 Å². The second-order valence-electron chi connectivity index (χ2n) is 4.40. The Hall–Kier alpha value is -1.02. The Balaban J connectivity index is 1.98. The molecule has 0 spiro atoms. The second-order valence-corrected chi connectivity index (χ2v) is 4.40. The minimum atomic E-state index is 0.329. The third-order valence-corrected chi connectivity index (χ3v) is 3.28. The molecule has 1 fully saturated rings. The lowest BCUT2D eigenvalue weighted by Gasteiger charge is -2.18. The molecule has 1 aromatic rings. The third-order valence-electron chi connectivity index (χ3n) is 3.28. The minimum Gasteiger partial charge on any atom is -0.381 e. The molecule has 1 aliphatic rings. The molecule has 0 bridgehead atoms. The average molecular weight is 204 g/mol. The molecule has 2 nitrogen and oxygen atoms in total. The topological polar surface area (TPSA) is 38.0 Å². The molecule has 2 rings (SSSR count). The molecule has 82 valence electrons. The summed E-state index contributed by atoms with van der Waals surface area (Å²) in [6, 6.07) is 9.48. The highest BCUT2D eigenvalue weighted by molar-refractivity contribution is 5.46. The van der Waals surface area contributed by atoms with Crippen LogP contribution < -0.4 is 11.1 Å². The molecule has 1 aliphatic carbocycles. The highest BCUT2D eigenvalue weighted by atomic mass is 15.0. The molecule has 0 aromatic heterocycles. The van der Waals surface area contributed by atoms with Gasteiger partial charge in [-0.15, -0.1) is 0 Å². The van der Waals surface area contributed by atoms with E-state index in [1.165, 1.54) is 24.1 Å². The summed E-state index contributed by atoms with van der Waals surface area (Å²) < 4.78 is 0.